The van der Waals surface area contributed by atoms with Gasteiger partial charge in [-0.3, -0.25) is 0 Å². The van der Waals surface area contributed by atoms with E-state index in [2.05, 4.69) is 6.58 Å². The zero-order valence-electron chi connectivity index (χ0n) is 13.0. The Kier molecular flexibility index (Phi) is 4.96. The predicted octanol–water partition coefficient (Wildman–Crippen LogP) is 2.85. The van der Waals surface area contributed by atoms with E-state index in [1.165, 1.54) is 0 Å². The third-order valence-electron chi connectivity index (χ3n) is 4.49. The maximum Gasteiger partial charge on any atom is 0.194 e. The Morgan fingerprint density at radius 3 is 2.25 bits per heavy atom. The van der Waals surface area contributed by atoms with Crippen LogP contribution in [0.15, 0.2) is 24.8 Å². The van der Waals surface area contributed by atoms with Crippen molar-refractivity contribution < 1.29 is 32.5 Å². The van der Waals surface area contributed by atoms with Crippen LogP contribution in [0, 0.1) is 29.3 Å². The molecular formula is C17H19F3O4. The van der Waals surface area contributed by atoms with E-state index in [1.807, 2.05) is 0 Å². The van der Waals surface area contributed by atoms with Crippen molar-refractivity contribution in [3.05, 3.63) is 47.8 Å². The molecule has 24 heavy (non-hydrogen) atoms. The van der Waals surface area contributed by atoms with Crippen LogP contribution in [0.5, 0.6) is 0 Å². The van der Waals surface area contributed by atoms with Crippen LogP contribution < -0.4 is 0 Å². The highest BCUT2D eigenvalue weighted by molar-refractivity contribution is 5.24. The predicted molar refractivity (Wildman–Crippen MR) is 78.3 cm³/mol. The van der Waals surface area contributed by atoms with Gasteiger partial charge in [0.25, 0.3) is 0 Å². The number of hydrogen-bond donors (Lipinski definition) is 1. The smallest absolute Gasteiger partial charge is 0.194 e. The Hall–Kier alpha value is -1.41. The second-order valence-electron chi connectivity index (χ2n) is 6.18. The van der Waals surface area contributed by atoms with Crippen LogP contribution in [0.25, 0.3) is 0 Å². The molecule has 1 N–H and O–H groups in total. The summed E-state index contributed by atoms with van der Waals surface area (Å²) in [5.74, 6) is -6.11. The van der Waals surface area contributed by atoms with Gasteiger partial charge in [0, 0.05) is 23.8 Å². The molecule has 132 valence electrons. The number of aliphatic hydroxyl groups is 1. The first-order valence-corrected chi connectivity index (χ1v) is 7.80. The lowest BCUT2D eigenvalue weighted by Gasteiger charge is -2.40. The standard InChI is InChI=1S/C17H19F3O4/c1-2-10-7-22-16(23-8-10)11-3-4-17(21,24-9-11)12-5-13(18)15(20)14(19)6-12/h2,5-6,10-11,16,21H,1,3-4,7-9H2. The number of halogens is 3. The summed E-state index contributed by atoms with van der Waals surface area (Å²) in [5.41, 5.74) is -0.144. The number of rotatable bonds is 3. The van der Waals surface area contributed by atoms with Gasteiger partial charge in [-0.15, -0.1) is 6.58 Å². The van der Waals surface area contributed by atoms with Crippen LogP contribution in [0.1, 0.15) is 18.4 Å². The molecule has 1 aromatic carbocycles. The molecule has 0 saturated carbocycles. The van der Waals surface area contributed by atoms with E-state index < -0.39 is 29.5 Å². The second-order valence-corrected chi connectivity index (χ2v) is 6.18. The fourth-order valence-corrected chi connectivity index (χ4v) is 2.95. The summed E-state index contributed by atoms with van der Waals surface area (Å²) in [6, 6.07) is 1.50. The van der Waals surface area contributed by atoms with Gasteiger partial charge in [0.2, 0.25) is 0 Å². The Labute approximate surface area is 137 Å². The minimum atomic E-state index is -1.86. The maximum atomic E-state index is 13.4. The molecule has 2 atom stereocenters. The minimum absolute atomic E-state index is 0.0935. The van der Waals surface area contributed by atoms with Crippen molar-refractivity contribution in [2.24, 2.45) is 11.8 Å². The van der Waals surface area contributed by atoms with Gasteiger partial charge in [-0.1, -0.05) is 6.08 Å². The molecule has 0 aromatic heterocycles. The lowest BCUT2D eigenvalue weighted by atomic mass is 9.91. The van der Waals surface area contributed by atoms with Gasteiger partial charge in [-0.2, -0.15) is 0 Å². The third kappa shape index (κ3) is 3.35. The molecule has 7 heteroatoms. The summed E-state index contributed by atoms with van der Waals surface area (Å²) in [6.45, 7) is 4.79. The van der Waals surface area contributed by atoms with Gasteiger partial charge in [0.05, 0.1) is 19.8 Å². The Balaban J connectivity index is 1.65. The highest BCUT2D eigenvalue weighted by Gasteiger charge is 2.41. The Bertz CT molecular complexity index is 583. The minimum Gasteiger partial charge on any atom is -0.362 e. The molecule has 0 aliphatic carbocycles. The van der Waals surface area contributed by atoms with Crippen LogP contribution in [0.4, 0.5) is 13.2 Å². The van der Waals surface area contributed by atoms with E-state index in [9.17, 15) is 18.3 Å². The van der Waals surface area contributed by atoms with E-state index in [4.69, 9.17) is 14.2 Å². The van der Waals surface area contributed by atoms with E-state index in [-0.39, 0.29) is 30.4 Å². The van der Waals surface area contributed by atoms with Crippen molar-refractivity contribution in [1.29, 1.82) is 0 Å². The molecular weight excluding hydrogens is 325 g/mol. The Morgan fingerprint density at radius 1 is 1.12 bits per heavy atom. The van der Waals surface area contributed by atoms with E-state index in [0.717, 1.165) is 12.1 Å². The van der Waals surface area contributed by atoms with Crippen molar-refractivity contribution in [3.8, 4) is 0 Å². The summed E-state index contributed by atoms with van der Waals surface area (Å²) >= 11 is 0. The van der Waals surface area contributed by atoms with Crippen LogP contribution in [-0.2, 0) is 20.0 Å². The van der Waals surface area contributed by atoms with Crippen LogP contribution in [0.2, 0.25) is 0 Å². The normalized spacial score (nSPS) is 34.1. The van der Waals surface area contributed by atoms with E-state index in [1.54, 1.807) is 6.08 Å². The number of benzene rings is 1. The van der Waals surface area contributed by atoms with E-state index >= 15 is 0 Å². The fraction of sp³-hybridized carbons (Fsp3) is 0.529. The highest BCUT2D eigenvalue weighted by atomic mass is 19.2. The van der Waals surface area contributed by atoms with Crippen molar-refractivity contribution in [3.63, 3.8) is 0 Å². The molecule has 0 amide bonds. The molecule has 0 bridgehead atoms. The lowest BCUT2D eigenvalue weighted by molar-refractivity contribution is -0.287. The van der Waals surface area contributed by atoms with Gasteiger partial charge >= 0.3 is 0 Å². The van der Waals surface area contributed by atoms with Crippen molar-refractivity contribution in [2.75, 3.05) is 19.8 Å². The monoisotopic (exact) mass is 344 g/mol. The molecule has 2 heterocycles. The van der Waals surface area contributed by atoms with Gasteiger partial charge in [-0.05, 0) is 18.6 Å². The molecule has 4 nitrogen and oxygen atoms in total. The molecule has 2 unspecified atom stereocenters. The van der Waals surface area contributed by atoms with Gasteiger partial charge in [0.15, 0.2) is 29.5 Å². The molecule has 3 rings (SSSR count). The quantitative estimate of drug-likeness (QED) is 0.677. The van der Waals surface area contributed by atoms with Crippen LogP contribution in [-0.4, -0.2) is 31.2 Å². The zero-order valence-corrected chi connectivity index (χ0v) is 13.0. The summed E-state index contributed by atoms with van der Waals surface area (Å²) in [6.07, 6.45) is 1.88. The molecule has 2 aliphatic heterocycles. The molecule has 0 spiro atoms. The SMILES string of the molecule is C=CC1COC(C2CCC(O)(c3cc(F)c(F)c(F)c3)OC2)OC1. The van der Waals surface area contributed by atoms with Gasteiger partial charge in [0.1, 0.15) is 0 Å². The number of hydrogen-bond acceptors (Lipinski definition) is 4. The zero-order chi connectivity index (χ0) is 17.3. The topological polar surface area (TPSA) is 47.9 Å². The highest BCUT2D eigenvalue weighted by Crippen LogP contribution is 2.38. The third-order valence-corrected chi connectivity index (χ3v) is 4.49. The molecule has 1 aromatic rings. The second kappa shape index (κ2) is 6.84. The van der Waals surface area contributed by atoms with Crippen molar-refractivity contribution in [2.45, 2.75) is 24.9 Å². The number of ether oxygens (including phenoxy) is 3. The summed E-state index contributed by atoms with van der Waals surface area (Å²) in [4.78, 5) is 0. The molecule has 2 aliphatic rings. The summed E-state index contributed by atoms with van der Waals surface area (Å²) in [5, 5.41) is 10.5. The maximum absolute atomic E-state index is 13.4. The fourth-order valence-electron chi connectivity index (χ4n) is 2.95. The lowest BCUT2D eigenvalue weighted by Crippen LogP contribution is -2.44. The average molecular weight is 344 g/mol. The molecule has 2 saturated heterocycles. The first-order valence-electron chi connectivity index (χ1n) is 7.80. The largest absolute Gasteiger partial charge is 0.362 e. The first kappa shape index (κ1) is 17.4. The molecule has 0 radical (unpaired) electrons. The van der Waals surface area contributed by atoms with E-state index in [0.29, 0.717) is 19.6 Å². The van der Waals surface area contributed by atoms with Crippen LogP contribution >= 0.6 is 0 Å². The summed E-state index contributed by atoms with van der Waals surface area (Å²) in [7, 11) is 0. The first-order chi connectivity index (χ1) is 11.4. The van der Waals surface area contributed by atoms with Crippen LogP contribution in [0.3, 0.4) is 0 Å². The summed E-state index contributed by atoms with van der Waals surface area (Å²) < 4.78 is 56.5. The Morgan fingerprint density at radius 2 is 1.75 bits per heavy atom. The van der Waals surface area contributed by atoms with Gasteiger partial charge in [-0.25, -0.2) is 13.2 Å². The van der Waals surface area contributed by atoms with Crippen molar-refractivity contribution >= 4 is 0 Å². The van der Waals surface area contributed by atoms with Crippen molar-refractivity contribution in [1.82, 2.24) is 0 Å². The average Bonchev–Trinajstić information content (AvgIpc) is 2.60. The van der Waals surface area contributed by atoms with Gasteiger partial charge < -0.3 is 19.3 Å². The molecule has 2 fully saturated rings.